The number of hydrogen-bond donors (Lipinski definition) is 1. The van der Waals surface area contributed by atoms with Crippen LogP contribution in [0.1, 0.15) is 16.1 Å². The zero-order valence-electron chi connectivity index (χ0n) is 18.7. The molecular formula is C21H28N6O5S. The van der Waals surface area contributed by atoms with Crippen LogP contribution in [0.15, 0.2) is 29.2 Å². The molecule has 0 bridgehead atoms. The molecule has 0 aliphatic carbocycles. The predicted molar refractivity (Wildman–Crippen MR) is 122 cm³/mol. The van der Waals surface area contributed by atoms with Crippen LogP contribution in [0.5, 0.6) is 5.75 Å². The number of piperazine rings is 1. The topological polar surface area (TPSA) is 131 Å². The molecule has 12 heteroatoms. The lowest BCUT2D eigenvalue weighted by molar-refractivity contribution is 0.0997. The molecule has 2 aliphatic rings. The number of morpholine rings is 1. The van der Waals surface area contributed by atoms with E-state index in [4.69, 9.17) is 20.2 Å². The first kappa shape index (κ1) is 23.2. The summed E-state index contributed by atoms with van der Waals surface area (Å²) in [6, 6.07) is 6.05. The molecule has 2 fully saturated rings. The van der Waals surface area contributed by atoms with Gasteiger partial charge in [-0.15, -0.1) is 0 Å². The van der Waals surface area contributed by atoms with Crippen molar-refractivity contribution in [2.75, 3.05) is 69.4 Å². The number of hydrogen-bond acceptors (Lipinski definition) is 9. The van der Waals surface area contributed by atoms with Gasteiger partial charge in [0.05, 0.1) is 30.8 Å². The van der Waals surface area contributed by atoms with Gasteiger partial charge >= 0.3 is 0 Å². The molecule has 1 amide bonds. The minimum atomic E-state index is -3.79. The summed E-state index contributed by atoms with van der Waals surface area (Å²) in [5.74, 6) is 0.937. The highest BCUT2D eigenvalue weighted by atomic mass is 32.2. The Balaban J connectivity index is 1.49. The minimum Gasteiger partial charge on any atom is -0.496 e. The molecule has 0 radical (unpaired) electrons. The third kappa shape index (κ3) is 4.87. The highest BCUT2D eigenvalue weighted by Crippen LogP contribution is 2.26. The van der Waals surface area contributed by atoms with Crippen molar-refractivity contribution < 1.29 is 22.7 Å². The van der Waals surface area contributed by atoms with Gasteiger partial charge in [0, 0.05) is 51.0 Å². The van der Waals surface area contributed by atoms with Crippen molar-refractivity contribution in [3.63, 3.8) is 0 Å². The molecule has 3 heterocycles. The van der Waals surface area contributed by atoms with Crippen molar-refractivity contribution >= 4 is 27.7 Å². The maximum Gasteiger partial charge on any atom is 0.252 e. The molecule has 0 spiro atoms. The number of ether oxygens (including phenoxy) is 2. The highest BCUT2D eigenvalue weighted by molar-refractivity contribution is 7.89. The van der Waals surface area contributed by atoms with Crippen molar-refractivity contribution in [3.05, 3.63) is 35.5 Å². The smallest absolute Gasteiger partial charge is 0.252 e. The van der Waals surface area contributed by atoms with Gasteiger partial charge in [-0.25, -0.2) is 13.4 Å². The molecule has 2 aliphatic heterocycles. The van der Waals surface area contributed by atoms with E-state index in [0.29, 0.717) is 32.3 Å². The second-order valence-electron chi connectivity index (χ2n) is 7.88. The Bertz CT molecular complexity index is 1130. The lowest BCUT2D eigenvalue weighted by atomic mass is 10.2. The van der Waals surface area contributed by atoms with Crippen LogP contribution in [0.4, 0.5) is 11.8 Å². The van der Waals surface area contributed by atoms with Gasteiger partial charge in [-0.05, 0) is 25.1 Å². The number of carbonyl (C=O) groups is 1. The van der Waals surface area contributed by atoms with Gasteiger partial charge in [0.2, 0.25) is 16.0 Å². The Labute approximate surface area is 193 Å². The average molecular weight is 477 g/mol. The van der Waals surface area contributed by atoms with E-state index < -0.39 is 15.9 Å². The van der Waals surface area contributed by atoms with E-state index in [1.807, 2.05) is 13.0 Å². The first-order valence-corrected chi connectivity index (χ1v) is 12.1. The van der Waals surface area contributed by atoms with E-state index >= 15 is 0 Å². The van der Waals surface area contributed by atoms with Gasteiger partial charge in [0.25, 0.3) is 5.91 Å². The van der Waals surface area contributed by atoms with Crippen LogP contribution in [-0.2, 0) is 14.8 Å². The van der Waals surface area contributed by atoms with Crippen molar-refractivity contribution in [1.82, 2.24) is 14.3 Å². The van der Waals surface area contributed by atoms with Crippen LogP contribution in [-0.4, -0.2) is 88.2 Å². The molecule has 2 aromatic rings. The highest BCUT2D eigenvalue weighted by Gasteiger charge is 2.30. The van der Waals surface area contributed by atoms with E-state index in [9.17, 15) is 13.2 Å². The third-order valence-corrected chi connectivity index (χ3v) is 7.65. The van der Waals surface area contributed by atoms with Crippen molar-refractivity contribution in [2.45, 2.75) is 11.8 Å². The number of amides is 1. The zero-order chi connectivity index (χ0) is 23.6. The lowest BCUT2D eigenvalue weighted by Crippen LogP contribution is -2.49. The molecule has 33 heavy (non-hydrogen) atoms. The number of nitrogens with zero attached hydrogens (tertiary/aromatic N) is 5. The Morgan fingerprint density at radius 1 is 1.03 bits per heavy atom. The molecule has 0 saturated carbocycles. The minimum absolute atomic E-state index is 0.0121. The number of benzene rings is 1. The summed E-state index contributed by atoms with van der Waals surface area (Å²) in [4.78, 5) is 25.2. The molecular weight excluding hydrogens is 448 g/mol. The van der Waals surface area contributed by atoms with Crippen LogP contribution >= 0.6 is 0 Å². The summed E-state index contributed by atoms with van der Waals surface area (Å²) in [7, 11) is -2.40. The van der Waals surface area contributed by atoms with Crippen molar-refractivity contribution in [2.24, 2.45) is 5.73 Å². The Hall–Kier alpha value is -2.96. The fourth-order valence-corrected chi connectivity index (χ4v) is 5.40. The van der Waals surface area contributed by atoms with E-state index in [0.717, 1.165) is 24.6 Å². The molecule has 1 aromatic carbocycles. The van der Waals surface area contributed by atoms with E-state index in [1.165, 1.54) is 29.6 Å². The maximum atomic E-state index is 13.2. The molecule has 0 unspecified atom stereocenters. The number of rotatable bonds is 6. The third-order valence-electron chi connectivity index (χ3n) is 5.76. The number of aryl methyl sites for hydroxylation is 1. The second-order valence-corrected chi connectivity index (χ2v) is 9.82. The monoisotopic (exact) mass is 476 g/mol. The van der Waals surface area contributed by atoms with Crippen LogP contribution in [0.2, 0.25) is 0 Å². The van der Waals surface area contributed by atoms with Gasteiger partial charge in [-0.2, -0.15) is 9.29 Å². The second kappa shape index (κ2) is 9.49. The standard InChI is InChI=1S/C21H28N6O5S/c1-15-13-19(24-21(23-15)26-9-11-32-12-10-26)25-5-7-27(8-6-25)33(29,30)16-3-4-18(31-2)17(14-16)20(22)28/h3-4,13-14H,5-12H2,1-2H3,(H2,22,28). The first-order chi connectivity index (χ1) is 15.8. The molecule has 178 valence electrons. The van der Waals surface area contributed by atoms with Crippen LogP contribution < -0.4 is 20.3 Å². The normalized spacial score (nSPS) is 17.8. The van der Waals surface area contributed by atoms with Crippen molar-refractivity contribution in [1.29, 1.82) is 0 Å². The summed E-state index contributed by atoms with van der Waals surface area (Å²) >= 11 is 0. The van der Waals surface area contributed by atoms with Gasteiger partial charge in [0.1, 0.15) is 11.6 Å². The number of aromatic nitrogens is 2. The summed E-state index contributed by atoms with van der Waals surface area (Å²) in [6.07, 6.45) is 0. The number of nitrogens with two attached hydrogens (primary N) is 1. The van der Waals surface area contributed by atoms with Crippen molar-refractivity contribution in [3.8, 4) is 5.75 Å². The van der Waals surface area contributed by atoms with Crippen LogP contribution in [0, 0.1) is 6.92 Å². The summed E-state index contributed by atoms with van der Waals surface area (Å²) in [6.45, 7) is 6.24. The number of primary amides is 1. The largest absolute Gasteiger partial charge is 0.496 e. The Kier molecular flexibility index (Phi) is 6.68. The zero-order valence-corrected chi connectivity index (χ0v) is 19.5. The SMILES string of the molecule is COc1ccc(S(=O)(=O)N2CCN(c3cc(C)nc(N4CCOCC4)n3)CC2)cc1C(N)=O. The number of anilines is 2. The number of methoxy groups -OCH3 is 1. The van der Waals surface area contributed by atoms with E-state index in [2.05, 4.69) is 14.8 Å². The fourth-order valence-electron chi connectivity index (χ4n) is 3.95. The fraction of sp³-hybridized carbons (Fsp3) is 0.476. The Morgan fingerprint density at radius 3 is 2.36 bits per heavy atom. The average Bonchev–Trinajstić information content (AvgIpc) is 2.83. The molecule has 2 N–H and O–H groups in total. The quantitative estimate of drug-likeness (QED) is 0.623. The van der Waals surface area contributed by atoms with E-state index in [1.54, 1.807) is 0 Å². The lowest BCUT2D eigenvalue weighted by Gasteiger charge is -2.35. The van der Waals surface area contributed by atoms with E-state index in [-0.39, 0.29) is 29.3 Å². The van der Waals surface area contributed by atoms with Crippen LogP contribution in [0.25, 0.3) is 0 Å². The molecule has 4 rings (SSSR count). The first-order valence-electron chi connectivity index (χ1n) is 10.7. The van der Waals surface area contributed by atoms with Gasteiger partial charge in [-0.1, -0.05) is 0 Å². The molecule has 0 atom stereocenters. The molecule has 2 saturated heterocycles. The molecule has 1 aromatic heterocycles. The Morgan fingerprint density at radius 2 is 1.73 bits per heavy atom. The van der Waals surface area contributed by atoms with Gasteiger partial charge < -0.3 is 25.0 Å². The van der Waals surface area contributed by atoms with Gasteiger partial charge in [-0.3, -0.25) is 4.79 Å². The summed E-state index contributed by atoms with van der Waals surface area (Å²) < 4.78 is 38.3. The summed E-state index contributed by atoms with van der Waals surface area (Å²) in [5, 5.41) is 0. The number of carbonyl (C=O) groups excluding carboxylic acids is 1. The number of sulfonamides is 1. The van der Waals surface area contributed by atoms with Gasteiger partial charge in [0.15, 0.2) is 0 Å². The van der Waals surface area contributed by atoms with Crippen LogP contribution in [0.3, 0.4) is 0 Å². The maximum absolute atomic E-state index is 13.2. The molecule has 11 nitrogen and oxygen atoms in total. The predicted octanol–water partition coefficient (Wildman–Crippen LogP) is 0.240. The summed E-state index contributed by atoms with van der Waals surface area (Å²) in [5.41, 5.74) is 6.27.